The van der Waals surface area contributed by atoms with Crippen molar-refractivity contribution in [2.24, 2.45) is 5.92 Å². The Kier molecular flexibility index (Phi) is 7.57. The fourth-order valence-corrected chi connectivity index (χ4v) is 3.39. The van der Waals surface area contributed by atoms with Crippen molar-refractivity contribution in [1.82, 2.24) is 15.5 Å². The Morgan fingerprint density at radius 3 is 2.33 bits per heavy atom. The van der Waals surface area contributed by atoms with Crippen LogP contribution in [0.5, 0.6) is 0 Å². The highest BCUT2D eigenvalue weighted by Gasteiger charge is 2.20. The van der Waals surface area contributed by atoms with E-state index in [0.29, 0.717) is 19.1 Å². The Hall–Kier alpha value is -1.55. The number of hydrogen-bond acceptors (Lipinski definition) is 2. The Bertz CT molecular complexity index is 490. The summed E-state index contributed by atoms with van der Waals surface area (Å²) in [6.45, 7) is 10.3. The fraction of sp³-hybridized carbons (Fsp3) is 0.650. The molecule has 4 nitrogen and oxygen atoms in total. The van der Waals surface area contributed by atoms with E-state index < -0.39 is 0 Å². The second-order valence-corrected chi connectivity index (χ2v) is 7.13. The van der Waals surface area contributed by atoms with E-state index in [1.165, 1.54) is 43.5 Å². The maximum Gasteiger partial charge on any atom is 0.314 e. The Morgan fingerprint density at radius 1 is 1.12 bits per heavy atom. The van der Waals surface area contributed by atoms with Crippen LogP contribution in [0, 0.1) is 5.92 Å². The van der Waals surface area contributed by atoms with Crippen LogP contribution in [0.25, 0.3) is 0 Å². The molecular weight excluding hydrogens is 298 g/mol. The van der Waals surface area contributed by atoms with Crippen molar-refractivity contribution in [3.63, 3.8) is 0 Å². The zero-order valence-electron chi connectivity index (χ0n) is 15.5. The van der Waals surface area contributed by atoms with Crippen molar-refractivity contribution in [2.45, 2.75) is 52.5 Å². The third kappa shape index (κ3) is 6.16. The second kappa shape index (κ2) is 9.67. The van der Waals surface area contributed by atoms with Gasteiger partial charge in [-0.3, -0.25) is 0 Å². The molecule has 0 radical (unpaired) electrons. The van der Waals surface area contributed by atoms with Gasteiger partial charge in [-0.15, -0.1) is 0 Å². The molecule has 1 aromatic rings. The van der Waals surface area contributed by atoms with Crippen molar-refractivity contribution < 1.29 is 4.79 Å². The molecular formula is C20H33N3O. The average Bonchev–Trinajstić information content (AvgIpc) is 2.57. The molecule has 24 heavy (non-hydrogen) atoms. The largest absolute Gasteiger partial charge is 0.338 e. The highest BCUT2D eigenvalue weighted by molar-refractivity contribution is 5.73. The molecule has 0 aromatic heterocycles. The van der Waals surface area contributed by atoms with Gasteiger partial charge in [0.25, 0.3) is 0 Å². The molecule has 0 aliphatic carbocycles. The molecule has 0 unspecified atom stereocenters. The predicted octanol–water partition coefficient (Wildman–Crippen LogP) is 3.21. The summed E-state index contributed by atoms with van der Waals surface area (Å²) in [6.07, 6.45) is 4.71. The lowest BCUT2D eigenvalue weighted by Gasteiger charge is -2.34. The maximum atomic E-state index is 11.3. The van der Waals surface area contributed by atoms with E-state index >= 15 is 0 Å². The van der Waals surface area contributed by atoms with Gasteiger partial charge in [0.1, 0.15) is 0 Å². The van der Waals surface area contributed by atoms with E-state index in [1.807, 2.05) is 6.92 Å². The summed E-state index contributed by atoms with van der Waals surface area (Å²) in [5, 5.41) is 5.61. The Balaban J connectivity index is 1.71. The zero-order chi connectivity index (χ0) is 17.4. The fourth-order valence-electron chi connectivity index (χ4n) is 3.39. The molecule has 4 heteroatoms. The minimum Gasteiger partial charge on any atom is -0.338 e. The van der Waals surface area contributed by atoms with E-state index in [9.17, 15) is 4.79 Å². The number of piperidine rings is 1. The van der Waals surface area contributed by atoms with Crippen LogP contribution < -0.4 is 10.6 Å². The Morgan fingerprint density at radius 2 is 1.75 bits per heavy atom. The number of rotatable bonds is 7. The van der Waals surface area contributed by atoms with E-state index in [-0.39, 0.29) is 6.03 Å². The number of carbonyl (C=O) groups is 1. The molecule has 2 rings (SSSR count). The van der Waals surface area contributed by atoms with Gasteiger partial charge in [0.05, 0.1) is 0 Å². The van der Waals surface area contributed by atoms with Crippen LogP contribution in [0.3, 0.4) is 0 Å². The first-order valence-electron chi connectivity index (χ1n) is 9.42. The van der Waals surface area contributed by atoms with Crippen molar-refractivity contribution in [2.75, 3.05) is 26.2 Å². The molecule has 1 aromatic carbocycles. The smallest absolute Gasteiger partial charge is 0.314 e. The number of nitrogens with one attached hydrogen (secondary N) is 2. The summed E-state index contributed by atoms with van der Waals surface area (Å²) in [6, 6.07) is 9.53. The van der Waals surface area contributed by atoms with E-state index in [1.54, 1.807) is 0 Å². The van der Waals surface area contributed by atoms with Gasteiger partial charge in [0.15, 0.2) is 0 Å². The number of amides is 2. The minimum absolute atomic E-state index is 0.0816. The van der Waals surface area contributed by atoms with Crippen LogP contribution in [-0.2, 0) is 12.8 Å². The molecule has 0 bridgehead atoms. The first-order valence-corrected chi connectivity index (χ1v) is 9.42. The van der Waals surface area contributed by atoms with E-state index in [4.69, 9.17) is 0 Å². The number of urea groups is 1. The van der Waals surface area contributed by atoms with Crippen molar-refractivity contribution in [3.05, 3.63) is 35.4 Å². The summed E-state index contributed by atoms with van der Waals surface area (Å²) in [5.74, 6) is 0.824. The molecule has 1 saturated heterocycles. The third-order valence-electron chi connectivity index (χ3n) is 4.96. The first-order chi connectivity index (χ1) is 11.6. The van der Waals surface area contributed by atoms with Crippen LogP contribution in [0.4, 0.5) is 4.79 Å². The molecule has 0 atom stereocenters. The maximum absolute atomic E-state index is 11.3. The monoisotopic (exact) mass is 331 g/mol. The summed E-state index contributed by atoms with van der Waals surface area (Å²) >= 11 is 0. The highest BCUT2D eigenvalue weighted by atomic mass is 16.2. The van der Waals surface area contributed by atoms with Crippen LogP contribution in [0.1, 0.15) is 44.7 Å². The number of carbonyl (C=O) groups excluding carboxylic acids is 1. The summed E-state index contributed by atoms with van der Waals surface area (Å²) in [4.78, 5) is 13.9. The average molecular weight is 332 g/mol. The molecule has 134 valence electrons. The van der Waals surface area contributed by atoms with Crippen molar-refractivity contribution in [1.29, 1.82) is 0 Å². The van der Waals surface area contributed by atoms with Gasteiger partial charge < -0.3 is 15.5 Å². The number of hydrogen-bond donors (Lipinski definition) is 2. The lowest BCUT2D eigenvalue weighted by atomic mass is 9.89. The first kappa shape index (κ1) is 18.8. The quantitative estimate of drug-likeness (QED) is 0.806. The van der Waals surface area contributed by atoms with Gasteiger partial charge in [-0.1, -0.05) is 24.3 Å². The van der Waals surface area contributed by atoms with Crippen molar-refractivity contribution in [3.8, 4) is 0 Å². The van der Waals surface area contributed by atoms with Crippen LogP contribution in [0.2, 0.25) is 0 Å². The molecule has 0 spiro atoms. The van der Waals surface area contributed by atoms with Gasteiger partial charge in [-0.05, 0) is 76.6 Å². The topological polar surface area (TPSA) is 44.4 Å². The van der Waals surface area contributed by atoms with Gasteiger partial charge in [-0.2, -0.15) is 0 Å². The molecule has 2 N–H and O–H groups in total. The second-order valence-electron chi connectivity index (χ2n) is 7.13. The summed E-state index contributed by atoms with van der Waals surface area (Å²) in [7, 11) is 0. The van der Waals surface area contributed by atoms with Crippen LogP contribution in [0.15, 0.2) is 24.3 Å². The Labute approximate surface area is 147 Å². The van der Waals surface area contributed by atoms with E-state index in [0.717, 1.165) is 12.3 Å². The standard InChI is InChI=1S/C20H33N3O/c1-4-21-20(24)22-12-9-17-5-7-18(8-6-17)15-19-10-13-23(14-11-19)16(2)3/h5-8,16,19H,4,9-15H2,1-3H3,(H2,21,22,24). The van der Waals surface area contributed by atoms with Gasteiger partial charge in [0, 0.05) is 19.1 Å². The highest BCUT2D eigenvalue weighted by Crippen LogP contribution is 2.23. The van der Waals surface area contributed by atoms with Crippen LogP contribution in [-0.4, -0.2) is 43.2 Å². The molecule has 1 aliphatic rings. The number of nitrogens with zero attached hydrogens (tertiary/aromatic N) is 1. The lowest BCUT2D eigenvalue weighted by molar-refractivity contribution is 0.149. The minimum atomic E-state index is -0.0816. The number of likely N-dealkylation sites (tertiary alicyclic amines) is 1. The molecule has 1 fully saturated rings. The SMILES string of the molecule is CCNC(=O)NCCc1ccc(CC2CCN(C(C)C)CC2)cc1. The summed E-state index contributed by atoms with van der Waals surface area (Å²) < 4.78 is 0. The van der Waals surface area contributed by atoms with Crippen molar-refractivity contribution >= 4 is 6.03 Å². The summed E-state index contributed by atoms with van der Waals surface area (Å²) in [5.41, 5.74) is 2.73. The van der Waals surface area contributed by atoms with Gasteiger partial charge in [0.2, 0.25) is 0 Å². The lowest BCUT2D eigenvalue weighted by Crippen LogP contribution is -2.38. The van der Waals surface area contributed by atoms with Gasteiger partial charge >= 0.3 is 6.03 Å². The van der Waals surface area contributed by atoms with Gasteiger partial charge in [-0.25, -0.2) is 4.79 Å². The third-order valence-corrected chi connectivity index (χ3v) is 4.96. The molecule has 2 amide bonds. The predicted molar refractivity (Wildman–Crippen MR) is 100 cm³/mol. The normalized spacial score (nSPS) is 16.3. The molecule has 1 heterocycles. The zero-order valence-corrected chi connectivity index (χ0v) is 15.5. The molecule has 1 aliphatic heterocycles. The van der Waals surface area contributed by atoms with Crippen LogP contribution >= 0.6 is 0 Å². The molecule has 0 saturated carbocycles. The van der Waals surface area contributed by atoms with E-state index in [2.05, 4.69) is 53.6 Å². The number of benzene rings is 1.